The molecule has 1 aromatic rings. The lowest BCUT2D eigenvalue weighted by molar-refractivity contribution is -0.125. The van der Waals surface area contributed by atoms with Crippen molar-refractivity contribution in [2.24, 2.45) is 11.8 Å². The number of amides is 1. The standard InChI is InChI=1S/C16H30N4OS/c1-6-13(7-2)15(21)17-10-8-9-14-18-19-16(22-5)20(14)11-12(3)4/h12-13H,6-11H2,1-5H3,(H,17,21). The van der Waals surface area contributed by atoms with Crippen molar-refractivity contribution in [3.63, 3.8) is 0 Å². The number of nitrogens with zero attached hydrogens (tertiary/aromatic N) is 3. The Morgan fingerprint density at radius 2 is 1.95 bits per heavy atom. The molecular weight excluding hydrogens is 296 g/mol. The molecule has 6 heteroatoms. The normalized spacial score (nSPS) is 11.4. The van der Waals surface area contributed by atoms with Crippen LogP contribution in [0.1, 0.15) is 52.8 Å². The van der Waals surface area contributed by atoms with Gasteiger partial charge in [0, 0.05) is 25.4 Å². The summed E-state index contributed by atoms with van der Waals surface area (Å²) < 4.78 is 2.21. The maximum Gasteiger partial charge on any atom is 0.223 e. The van der Waals surface area contributed by atoms with Gasteiger partial charge in [-0.25, -0.2) is 0 Å². The van der Waals surface area contributed by atoms with Crippen LogP contribution in [0.5, 0.6) is 0 Å². The first-order valence-electron chi connectivity index (χ1n) is 8.27. The molecule has 0 aliphatic rings. The first-order chi connectivity index (χ1) is 10.5. The van der Waals surface area contributed by atoms with Crippen molar-refractivity contribution in [3.05, 3.63) is 5.82 Å². The third kappa shape index (κ3) is 5.63. The van der Waals surface area contributed by atoms with Crippen molar-refractivity contribution in [2.75, 3.05) is 12.8 Å². The molecule has 0 radical (unpaired) electrons. The van der Waals surface area contributed by atoms with Crippen LogP contribution in [0, 0.1) is 11.8 Å². The Morgan fingerprint density at radius 1 is 1.27 bits per heavy atom. The third-order valence-electron chi connectivity index (χ3n) is 3.76. The number of rotatable bonds is 10. The minimum atomic E-state index is 0.146. The van der Waals surface area contributed by atoms with Crippen molar-refractivity contribution < 1.29 is 4.79 Å². The van der Waals surface area contributed by atoms with E-state index in [2.05, 4.69) is 47.8 Å². The van der Waals surface area contributed by atoms with Crippen LogP contribution >= 0.6 is 11.8 Å². The minimum Gasteiger partial charge on any atom is -0.356 e. The zero-order chi connectivity index (χ0) is 16.5. The first-order valence-corrected chi connectivity index (χ1v) is 9.49. The average molecular weight is 327 g/mol. The molecule has 1 amide bonds. The number of hydrogen-bond acceptors (Lipinski definition) is 4. The molecule has 0 spiro atoms. The minimum absolute atomic E-state index is 0.146. The zero-order valence-electron chi connectivity index (χ0n) is 14.6. The summed E-state index contributed by atoms with van der Waals surface area (Å²) in [5.41, 5.74) is 0. The van der Waals surface area contributed by atoms with Crippen molar-refractivity contribution >= 4 is 17.7 Å². The summed E-state index contributed by atoms with van der Waals surface area (Å²) in [5.74, 6) is 1.91. The highest BCUT2D eigenvalue weighted by molar-refractivity contribution is 7.98. The highest BCUT2D eigenvalue weighted by Gasteiger charge is 2.14. The van der Waals surface area contributed by atoms with E-state index in [-0.39, 0.29) is 11.8 Å². The van der Waals surface area contributed by atoms with Gasteiger partial charge in [0.2, 0.25) is 5.91 Å². The number of nitrogens with one attached hydrogen (secondary N) is 1. The summed E-state index contributed by atoms with van der Waals surface area (Å²) in [7, 11) is 0. The second-order valence-electron chi connectivity index (χ2n) is 6.02. The second-order valence-corrected chi connectivity index (χ2v) is 6.79. The Bertz CT molecular complexity index is 455. The van der Waals surface area contributed by atoms with Crippen molar-refractivity contribution in [1.29, 1.82) is 0 Å². The molecule has 0 aromatic carbocycles. The quantitative estimate of drug-likeness (QED) is 0.530. The Kier molecular flexibility index (Phi) is 8.53. The molecule has 1 rings (SSSR count). The van der Waals surface area contributed by atoms with Gasteiger partial charge < -0.3 is 9.88 Å². The summed E-state index contributed by atoms with van der Waals surface area (Å²) in [6, 6.07) is 0. The fraction of sp³-hybridized carbons (Fsp3) is 0.812. The molecule has 0 unspecified atom stereocenters. The molecule has 0 aliphatic carbocycles. The van der Waals surface area contributed by atoms with Crippen LogP contribution in [0.4, 0.5) is 0 Å². The van der Waals surface area contributed by atoms with Gasteiger partial charge in [-0.05, 0) is 31.4 Å². The predicted molar refractivity (Wildman–Crippen MR) is 92.0 cm³/mol. The van der Waals surface area contributed by atoms with Crippen LogP contribution < -0.4 is 5.32 Å². The maximum atomic E-state index is 11.9. The summed E-state index contributed by atoms with van der Waals surface area (Å²) in [6.07, 6.45) is 5.59. The number of carbonyl (C=O) groups excluding carboxylic acids is 1. The van der Waals surface area contributed by atoms with Gasteiger partial charge >= 0.3 is 0 Å². The van der Waals surface area contributed by atoms with Crippen LogP contribution in [0.15, 0.2) is 5.16 Å². The Hall–Kier alpha value is -1.04. The van der Waals surface area contributed by atoms with Gasteiger partial charge in [-0.2, -0.15) is 0 Å². The topological polar surface area (TPSA) is 59.8 Å². The van der Waals surface area contributed by atoms with Crippen LogP contribution in [-0.4, -0.2) is 33.5 Å². The largest absolute Gasteiger partial charge is 0.356 e. The zero-order valence-corrected chi connectivity index (χ0v) is 15.4. The van der Waals surface area contributed by atoms with E-state index in [1.807, 2.05) is 6.26 Å². The van der Waals surface area contributed by atoms with E-state index in [9.17, 15) is 4.79 Å². The number of hydrogen-bond donors (Lipinski definition) is 1. The first kappa shape index (κ1) is 19.0. The third-order valence-corrected chi connectivity index (χ3v) is 4.42. The molecule has 0 bridgehead atoms. The van der Waals surface area contributed by atoms with E-state index in [1.54, 1.807) is 11.8 Å². The van der Waals surface area contributed by atoms with E-state index >= 15 is 0 Å². The van der Waals surface area contributed by atoms with E-state index < -0.39 is 0 Å². The molecule has 1 aromatic heterocycles. The summed E-state index contributed by atoms with van der Waals surface area (Å²) in [5, 5.41) is 12.6. The number of thioether (sulfide) groups is 1. The number of aryl methyl sites for hydroxylation is 1. The fourth-order valence-electron chi connectivity index (χ4n) is 2.47. The van der Waals surface area contributed by atoms with Crippen LogP contribution in [0.25, 0.3) is 0 Å². The average Bonchev–Trinajstić information content (AvgIpc) is 2.86. The highest BCUT2D eigenvalue weighted by atomic mass is 32.2. The van der Waals surface area contributed by atoms with Gasteiger partial charge in [0.15, 0.2) is 5.16 Å². The van der Waals surface area contributed by atoms with Gasteiger partial charge in [0.1, 0.15) is 5.82 Å². The van der Waals surface area contributed by atoms with Crippen molar-refractivity contribution in [2.45, 2.75) is 65.1 Å². The molecule has 1 heterocycles. The molecule has 0 saturated heterocycles. The van der Waals surface area contributed by atoms with Gasteiger partial charge in [-0.1, -0.05) is 39.5 Å². The lowest BCUT2D eigenvalue weighted by Gasteiger charge is -2.13. The van der Waals surface area contributed by atoms with Crippen molar-refractivity contribution in [1.82, 2.24) is 20.1 Å². The van der Waals surface area contributed by atoms with Crippen molar-refractivity contribution in [3.8, 4) is 0 Å². The molecule has 0 aliphatic heterocycles. The molecular formula is C16H30N4OS. The van der Waals surface area contributed by atoms with E-state index in [4.69, 9.17) is 0 Å². The Labute approximate surface area is 138 Å². The molecule has 0 atom stereocenters. The molecule has 1 N–H and O–H groups in total. The highest BCUT2D eigenvalue weighted by Crippen LogP contribution is 2.16. The van der Waals surface area contributed by atoms with Gasteiger partial charge in [0.25, 0.3) is 0 Å². The maximum absolute atomic E-state index is 11.9. The van der Waals surface area contributed by atoms with E-state index in [0.29, 0.717) is 12.5 Å². The Morgan fingerprint density at radius 3 is 2.50 bits per heavy atom. The van der Waals surface area contributed by atoms with E-state index in [1.165, 1.54) is 0 Å². The number of carbonyl (C=O) groups is 1. The lowest BCUT2D eigenvalue weighted by Crippen LogP contribution is -2.31. The molecule has 0 saturated carbocycles. The molecule has 5 nitrogen and oxygen atoms in total. The SMILES string of the molecule is CCC(CC)C(=O)NCCCc1nnc(SC)n1CC(C)C. The summed E-state index contributed by atoms with van der Waals surface area (Å²) >= 11 is 1.63. The van der Waals surface area contributed by atoms with E-state index in [0.717, 1.165) is 43.2 Å². The van der Waals surface area contributed by atoms with Gasteiger partial charge in [-0.15, -0.1) is 10.2 Å². The lowest BCUT2D eigenvalue weighted by atomic mass is 10.0. The van der Waals surface area contributed by atoms with Crippen LogP contribution in [-0.2, 0) is 17.8 Å². The predicted octanol–water partition coefficient (Wildman–Crippen LogP) is 3.14. The monoisotopic (exact) mass is 326 g/mol. The molecule has 126 valence electrons. The summed E-state index contributed by atoms with van der Waals surface area (Å²) in [6.45, 7) is 10.2. The van der Waals surface area contributed by atoms with Gasteiger partial charge in [-0.3, -0.25) is 4.79 Å². The smallest absolute Gasteiger partial charge is 0.223 e. The molecule has 0 fully saturated rings. The van der Waals surface area contributed by atoms with Crippen LogP contribution in [0.3, 0.4) is 0 Å². The Balaban J connectivity index is 2.48. The summed E-state index contributed by atoms with van der Waals surface area (Å²) in [4.78, 5) is 11.9. The number of aromatic nitrogens is 3. The van der Waals surface area contributed by atoms with Gasteiger partial charge in [0.05, 0.1) is 0 Å². The fourth-order valence-corrected chi connectivity index (χ4v) is 2.99. The molecule has 22 heavy (non-hydrogen) atoms. The van der Waals surface area contributed by atoms with Crippen LogP contribution in [0.2, 0.25) is 0 Å². The second kappa shape index (κ2) is 9.87.